The lowest BCUT2D eigenvalue weighted by atomic mass is 9.84. The first-order valence-corrected chi connectivity index (χ1v) is 4.09. The van der Waals surface area contributed by atoms with Gasteiger partial charge in [-0.2, -0.15) is 0 Å². The third-order valence-electron chi connectivity index (χ3n) is 3.35. The Labute approximate surface area is 65.6 Å². The number of nitrogens with two attached hydrogens (primary N) is 1. The lowest BCUT2D eigenvalue weighted by molar-refractivity contribution is -0.148. The summed E-state index contributed by atoms with van der Waals surface area (Å²) in [4.78, 5) is 10.9. The van der Waals surface area contributed by atoms with Crippen molar-refractivity contribution < 1.29 is 9.90 Å². The molecule has 2 rings (SSSR count). The highest BCUT2D eigenvalue weighted by Gasteiger charge is 2.56. The van der Waals surface area contributed by atoms with Gasteiger partial charge in [-0.3, -0.25) is 4.79 Å². The molecule has 2 bridgehead atoms. The number of carboxylic acid groups (broad SMARTS) is 1. The quantitative estimate of drug-likeness (QED) is 0.586. The minimum atomic E-state index is -0.637. The van der Waals surface area contributed by atoms with Crippen LogP contribution in [0.2, 0.25) is 0 Å². The number of aliphatic carboxylic acids is 1. The van der Waals surface area contributed by atoms with Crippen LogP contribution in [0.4, 0.5) is 0 Å². The summed E-state index contributed by atoms with van der Waals surface area (Å²) in [6, 6.07) is 0. The summed E-state index contributed by atoms with van der Waals surface area (Å²) in [5, 5.41) is 8.95. The largest absolute Gasteiger partial charge is 0.481 e. The molecule has 2 fully saturated rings. The molecule has 0 heterocycles. The van der Waals surface area contributed by atoms with Crippen molar-refractivity contribution in [3.63, 3.8) is 0 Å². The summed E-state index contributed by atoms with van der Waals surface area (Å²) in [6.07, 6.45) is 4.09. The van der Waals surface area contributed by atoms with Gasteiger partial charge in [-0.05, 0) is 32.1 Å². The molecular weight excluding hydrogens is 142 g/mol. The first-order valence-electron chi connectivity index (χ1n) is 4.09. The number of hydrogen-bond acceptors (Lipinski definition) is 2. The zero-order valence-electron chi connectivity index (χ0n) is 6.47. The molecule has 3 nitrogen and oxygen atoms in total. The van der Waals surface area contributed by atoms with Crippen molar-refractivity contribution in [1.82, 2.24) is 0 Å². The van der Waals surface area contributed by atoms with Crippen LogP contribution in [0.1, 0.15) is 32.1 Å². The average Bonchev–Trinajstić information content (AvgIpc) is 2.42. The lowest BCUT2D eigenvalue weighted by Gasteiger charge is -2.21. The molecule has 2 aliphatic carbocycles. The van der Waals surface area contributed by atoms with Gasteiger partial charge in [0.1, 0.15) is 0 Å². The number of carboxylic acids is 1. The molecule has 0 spiro atoms. The Kier molecular flexibility index (Phi) is 1.15. The van der Waals surface area contributed by atoms with Crippen LogP contribution in [0.25, 0.3) is 0 Å². The predicted octanol–water partition coefficient (Wildman–Crippen LogP) is 0.733. The Morgan fingerprint density at radius 3 is 2.00 bits per heavy atom. The fourth-order valence-corrected chi connectivity index (χ4v) is 2.54. The Hall–Kier alpha value is -0.570. The van der Waals surface area contributed by atoms with Gasteiger partial charge in [0.2, 0.25) is 0 Å². The fraction of sp³-hybridized carbons (Fsp3) is 0.875. The van der Waals surface area contributed by atoms with Gasteiger partial charge in [-0.1, -0.05) is 0 Å². The standard InChI is InChI=1S/C8H13NO2/c9-8-3-1-7(5-8,2-4-8)6(10)11/h1-5,9H2,(H,10,11). The molecule has 0 radical (unpaired) electrons. The molecule has 0 aromatic heterocycles. The highest BCUT2D eigenvalue weighted by molar-refractivity contribution is 5.76. The van der Waals surface area contributed by atoms with Crippen molar-refractivity contribution >= 4 is 5.97 Å². The molecule has 3 heteroatoms. The van der Waals surface area contributed by atoms with Crippen LogP contribution < -0.4 is 5.73 Å². The molecule has 0 unspecified atom stereocenters. The van der Waals surface area contributed by atoms with E-state index >= 15 is 0 Å². The normalized spacial score (nSPS) is 48.1. The minimum Gasteiger partial charge on any atom is -0.481 e. The molecule has 0 amide bonds. The summed E-state index contributed by atoms with van der Waals surface area (Å²) >= 11 is 0. The maximum Gasteiger partial charge on any atom is 0.309 e. The van der Waals surface area contributed by atoms with Crippen molar-refractivity contribution in [3.8, 4) is 0 Å². The van der Waals surface area contributed by atoms with E-state index in [1.807, 2.05) is 0 Å². The summed E-state index contributed by atoms with van der Waals surface area (Å²) in [7, 11) is 0. The van der Waals surface area contributed by atoms with Gasteiger partial charge in [0.25, 0.3) is 0 Å². The Balaban J connectivity index is 2.27. The van der Waals surface area contributed by atoms with Gasteiger partial charge >= 0.3 is 5.97 Å². The van der Waals surface area contributed by atoms with E-state index in [0.717, 1.165) is 25.7 Å². The monoisotopic (exact) mass is 155 g/mol. The molecule has 2 aliphatic rings. The van der Waals surface area contributed by atoms with Crippen LogP contribution in [0, 0.1) is 5.41 Å². The number of rotatable bonds is 1. The van der Waals surface area contributed by atoms with Crippen LogP contribution >= 0.6 is 0 Å². The molecule has 0 aromatic rings. The molecular formula is C8H13NO2. The second-order valence-corrected chi connectivity index (χ2v) is 4.12. The maximum atomic E-state index is 10.9. The maximum absolute atomic E-state index is 10.9. The van der Waals surface area contributed by atoms with E-state index in [1.54, 1.807) is 0 Å². The first-order chi connectivity index (χ1) is 5.06. The summed E-state index contributed by atoms with van der Waals surface area (Å²) in [5.74, 6) is -0.637. The van der Waals surface area contributed by atoms with Crippen LogP contribution in [0.15, 0.2) is 0 Å². The Morgan fingerprint density at radius 1 is 1.27 bits per heavy atom. The molecule has 0 aliphatic heterocycles. The Morgan fingerprint density at radius 2 is 1.82 bits per heavy atom. The molecule has 0 atom stereocenters. The van der Waals surface area contributed by atoms with E-state index in [9.17, 15) is 4.79 Å². The number of hydrogen-bond donors (Lipinski definition) is 2. The SMILES string of the molecule is NC12CCC(C(=O)O)(CC1)C2. The second-order valence-electron chi connectivity index (χ2n) is 4.12. The summed E-state index contributed by atoms with van der Waals surface area (Å²) in [6.45, 7) is 0. The van der Waals surface area contributed by atoms with Crippen molar-refractivity contribution in [2.24, 2.45) is 11.1 Å². The highest BCUT2D eigenvalue weighted by atomic mass is 16.4. The predicted molar refractivity (Wildman–Crippen MR) is 40.1 cm³/mol. The average molecular weight is 155 g/mol. The number of fused-ring (bicyclic) bond motifs is 2. The molecule has 2 saturated carbocycles. The van der Waals surface area contributed by atoms with E-state index in [2.05, 4.69) is 0 Å². The molecule has 0 aromatic carbocycles. The van der Waals surface area contributed by atoms with E-state index in [0.29, 0.717) is 6.42 Å². The van der Waals surface area contributed by atoms with Gasteiger partial charge in [0, 0.05) is 5.54 Å². The molecule has 3 N–H and O–H groups in total. The van der Waals surface area contributed by atoms with Crippen LogP contribution in [-0.4, -0.2) is 16.6 Å². The molecule has 11 heavy (non-hydrogen) atoms. The van der Waals surface area contributed by atoms with Crippen LogP contribution in [0.3, 0.4) is 0 Å². The van der Waals surface area contributed by atoms with Crippen molar-refractivity contribution in [2.75, 3.05) is 0 Å². The van der Waals surface area contributed by atoms with Crippen molar-refractivity contribution in [1.29, 1.82) is 0 Å². The first kappa shape index (κ1) is 7.10. The van der Waals surface area contributed by atoms with E-state index in [4.69, 9.17) is 10.8 Å². The van der Waals surface area contributed by atoms with Crippen molar-refractivity contribution in [3.05, 3.63) is 0 Å². The zero-order valence-corrected chi connectivity index (χ0v) is 6.47. The topological polar surface area (TPSA) is 63.3 Å². The Bertz CT molecular complexity index is 204. The summed E-state index contributed by atoms with van der Waals surface area (Å²) in [5.41, 5.74) is 5.40. The van der Waals surface area contributed by atoms with Crippen LogP contribution in [0.5, 0.6) is 0 Å². The van der Waals surface area contributed by atoms with Gasteiger partial charge in [0.15, 0.2) is 0 Å². The van der Waals surface area contributed by atoms with E-state index < -0.39 is 11.4 Å². The third-order valence-corrected chi connectivity index (χ3v) is 3.35. The lowest BCUT2D eigenvalue weighted by Crippen LogP contribution is -2.33. The second kappa shape index (κ2) is 1.78. The number of carbonyl (C=O) groups is 1. The van der Waals surface area contributed by atoms with Crippen LogP contribution in [-0.2, 0) is 4.79 Å². The van der Waals surface area contributed by atoms with Crippen molar-refractivity contribution in [2.45, 2.75) is 37.6 Å². The minimum absolute atomic E-state index is 0.127. The molecule has 62 valence electrons. The molecule has 0 saturated heterocycles. The summed E-state index contributed by atoms with van der Waals surface area (Å²) < 4.78 is 0. The highest BCUT2D eigenvalue weighted by Crippen LogP contribution is 2.55. The van der Waals surface area contributed by atoms with Gasteiger partial charge < -0.3 is 10.8 Å². The van der Waals surface area contributed by atoms with Gasteiger partial charge in [-0.25, -0.2) is 0 Å². The third kappa shape index (κ3) is 0.805. The van der Waals surface area contributed by atoms with E-state index in [1.165, 1.54) is 0 Å². The van der Waals surface area contributed by atoms with Gasteiger partial charge in [-0.15, -0.1) is 0 Å². The smallest absolute Gasteiger partial charge is 0.309 e. The van der Waals surface area contributed by atoms with E-state index in [-0.39, 0.29) is 5.54 Å². The zero-order chi connectivity index (χ0) is 8.11. The van der Waals surface area contributed by atoms with Gasteiger partial charge in [0.05, 0.1) is 5.41 Å². The fourth-order valence-electron chi connectivity index (χ4n) is 2.54.